The van der Waals surface area contributed by atoms with Gasteiger partial charge < -0.3 is 0 Å². The second kappa shape index (κ2) is 3.23. The molecule has 1 aliphatic carbocycles. The minimum absolute atomic E-state index is 0.229. The molecule has 0 spiro atoms. The third-order valence-corrected chi connectivity index (χ3v) is 3.92. The van der Waals surface area contributed by atoms with Gasteiger partial charge in [-0.1, -0.05) is 50.1 Å². The maximum atomic E-state index is 2.35. The summed E-state index contributed by atoms with van der Waals surface area (Å²) in [5.74, 6) is 0. The normalized spacial score (nSPS) is 18.2. The van der Waals surface area contributed by atoms with Crippen molar-refractivity contribution in [3.8, 4) is 0 Å². The molecular weight excluding hydrogens is 180 g/mol. The van der Waals surface area contributed by atoms with Crippen molar-refractivity contribution in [2.75, 3.05) is 0 Å². The molecule has 15 heavy (non-hydrogen) atoms. The molecule has 1 aromatic carbocycles. The third kappa shape index (κ3) is 1.35. The van der Waals surface area contributed by atoms with Gasteiger partial charge in [0, 0.05) is 5.41 Å². The molecule has 0 aromatic heterocycles. The van der Waals surface area contributed by atoms with E-state index in [0.29, 0.717) is 0 Å². The van der Waals surface area contributed by atoms with Crippen LogP contribution < -0.4 is 0 Å². The third-order valence-electron chi connectivity index (χ3n) is 3.92. The Balaban J connectivity index is 2.70. The molecule has 0 unspecified atom stereocenters. The Hall–Kier alpha value is -1.04. The SMILES string of the molecule is CCC1=C(C)C(C)(C)c2cc(C)ccc21. The van der Waals surface area contributed by atoms with Crippen LogP contribution in [-0.2, 0) is 5.41 Å². The van der Waals surface area contributed by atoms with Crippen LogP contribution in [0.15, 0.2) is 23.8 Å². The summed E-state index contributed by atoms with van der Waals surface area (Å²) in [6, 6.07) is 6.87. The second-order valence-electron chi connectivity index (χ2n) is 5.13. The highest BCUT2D eigenvalue weighted by atomic mass is 14.4. The van der Waals surface area contributed by atoms with Gasteiger partial charge in [0.05, 0.1) is 0 Å². The lowest BCUT2D eigenvalue weighted by Gasteiger charge is -2.22. The van der Waals surface area contributed by atoms with Crippen LogP contribution in [0.5, 0.6) is 0 Å². The van der Waals surface area contributed by atoms with Gasteiger partial charge in [0.2, 0.25) is 0 Å². The molecule has 2 rings (SSSR count). The molecule has 0 radical (unpaired) electrons. The molecule has 1 aliphatic rings. The summed E-state index contributed by atoms with van der Waals surface area (Å²) >= 11 is 0. The zero-order valence-corrected chi connectivity index (χ0v) is 10.4. The van der Waals surface area contributed by atoms with Crippen LogP contribution in [0.3, 0.4) is 0 Å². The van der Waals surface area contributed by atoms with E-state index < -0.39 is 0 Å². The highest BCUT2D eigenvalue weighted by molar-refractivity contribution is 5.79. The van der Waals surface area contributed by atoms with E-state index in [1.165, 1.54) is 16.7 Å². The summed E-state index contributed by atoms with van der Waals surface area (Å²) in [5, 5.41) is 0. The molecule has 80 valence electrons. The van der Waals surface area contributed by atoms with Crippen LogP contribution in [0.4, 0.5) is 0 Å². The first-order valence-corrected chi connectivity index (χ1v) is 5.80. The largest absolute Gasteiger partial charge is 0.0613 e. The molecule has 0 aliphatic heterocycles. The van der Waals surface area contributed by atoms with Crippen molar-refractivity contribution in [3.05, 3.63) is 40.5 Å². The van der Waals surface area contributed by atoms with Crippen molar-refractivity contribution >= 4 is 5.57 Å². The molecule has 0 heteroatoms. The Kier molecular flexibility index (Phi) is 2.26. The van der Waals surface area contributed by atoms with Crippen molar-refractivity contribution < 1.29 is 0 Å². The minimum Gasteiger partial charge on any atom is -0.0613 e. The Morgan fingerprint density at radius 2 is 1.80 bits per heavy atom. The van der Waals surface area contributed by atoms with E-state index in [4.69, 9.17) is 0 Å². The van der Waals surface area contributed by atoms with Gasteiger partial charge in [0.15, 0.2) is 0 Å². The van der Waals surface area contributed by atoms with E-state index >= 15 is 0 Å². The zero-order valence-electron chi connectivity index (χ0n) is 10.4. The Labute approximate surface area is 93.0 Å². The molecule has 0 bridgehead atoms. The van der Waals surface area contributed by atoms with Crippen molar-refractivity contribution in [3.63, 3.8) is 0 Å². The van der Waals surface area contributed by atoms with Crippen LogP contribution in [-0.4, -0.2) is 0 Å². The van der Waals surface area contributed by atoms with Crippen LogP contribution >= 0.6 is 0 Å². The lowest BCUT2D eigenvalue weighted by molar-refractivity contribution is 0.638. The van der Waals surface area contributed by atoms with Gasteiger partial charge in [-0.3, -0.25) is 0 Å². The number of benzene rings is 1. The van der Waals surface area contributed by atoms with Gasteiger partial charge in [0.25, 0.3) is 0 Å². The van der Waals surface area contributed by atoms with Crippen LogP contribution in [0.1, 0.15) is 50.8 Å². The number of hydrogen-bond donors (Lipinski definition) is 0. The molecule has 0 saturated heterocycles. The highest BCUT2D eigenvalue weighted by Crippen LogP contribution is 2.47. The first-order chi connectivity index (χ1) is 6.98. The van der Waals surface area contributed by atoms with E-state index in [1.54, 1.807) is 11.1 Å². The summed E-state index contributed by atoms with van der Waals surface area (Å²) in [5.41, 5.74) is 7.68. The molecule has 0 heterocycles. The van der Waals surface area contributed by atoms with E-state index in [1.807, 2.05) is 0 Å². The zero-order chi connectivity index (χ0) is 11.2. The smallest absolute Gasteiger partial charge is 0.0114 e. The minimum atomic E-state index is 0.229. The number of hydrogen-bond acceptors (Lipinski definition) is 0. The summed E-state index contributed by atoms with van der Waals surface area (Å²) in [4.78, 5) is 0. The summed E-state index contributed by atoms with van der Waals surface area (Å²) in [6.45, 7) is 11.4. The first-order valence-electron chi connectivity index (χ1n) is 5.80. The molecule has 0 saturated carbocycles. The Bertz CT molecular complexity index is 433. The van der Waals surface area contributed by atoms with Gasteiger partial charge in [-0.2, -0.15) is 0 Å². The fourth-order valence-electron chi connectivity index (χ4n) is 2.68. The topological polar surface area (TPSA) is 0 Å². The standard InChI is InChI=1S/C15H20/c1-6-12-11(3)15(4,5)14-9-10(2)7-8-13(12)14/h7-9H,6H2,1-5H3. The van der Waals surface area contributed by atoms with Crippen LogP contribution in [0.25, 0.3) is 5.57 Å². The second-order valence-corrected chi connectivity index (χ2v) is 5.13. The molecule has 0 nitrogen and oxygen atoms in total. The Morgan fingerprint density at radius 1 is 1.13 bits per heavy atom. The van der Waals surface area contributed by atoms with Gasteiger partial charge in [-0.05, 0) is 37.0 Å². The van der Waals surface area contributed by atoms with Crippen LogP contribution in [0.2, 0.25) is 0 Å². The van der Waals surface area contributed by atoms with Gasteiger partial charge in [-0.15, -0.1) is 0 Å². The van der Waals surface area contributed by atoms with E-state index in [9.17, 15) is 0 Å². The van der Waals surface area contributed by atoms with E-state index in [-0.39, 0.29) is 5.41 Å². The number of aryl methyl sites for hydroxylation is 1. The molecule has 0 fully saturated rings. The predicted octanol–water partition coefficient (Wildman–Crippen LogP) is 4.47. The van der Waals surface area contributed by atoms with E-state index in [2.05, 4.69) is 52.8 Å². The van der Waals surface area contributed by atoms with Gasteiger partial charge >= 0.3 is 0 Å². The summed E-state index contributed by atoms with van der Waals surface area (Å²) < 4.78 is 0. The highest BCUT2D eigenvalue weighted by Gasteiger charge is 2.34. The lowest BCUT2D eigenvalue weighted by Crippen LogP contribution is -2.15. The molecule has 1 aromatic rings. The van der Waals surface area contributed by atoms with Gasteiger partial charge in [-0.25, -0.2) is 0 Å². The molecular formula is C15H20. The fraction of sp³-hybridized carbons (Fsp3) is 0.467. The predicted molar refractivity (Wildman–Crippen MR) is 67.1 cm³/mol. The Morgan fingerprint density at radius 3 is 2.40 bits per heavy atom. The summed E-state index contributed by atoms with van der Waals surface area (Å²) in [7, 11) is 0. The maximum absolute atomic E-state index is 2.35. The molecule has 0 amide bonds. The van der Waals surface area contributed by atoms with Gasteiger partial charge in [0.1, 0.15) is 0 Å². The van der Waals surface area contributed by atoms with Crippen molar-refractivity contribution in [1.82, 2.24) is 0 Å². The quantitative estimate of drug-likeness (QED) is 0.627. The average molecular weight is 200 g/mol. The number of fused-ring (bicyclic) bond motifs is 1. The summed E-state index contributed by atoms with van der Waals surface area (Å²) in [6.07, 6.45) is 1.14. The van der Waals surface area contributed by atoms with E-state index in [0.717, 1.165) is 6.42 Å². The average Bonchev–Trinajstić information content (AvgIpc) is 2.37. The van der Waals surface area contributed by atoms with Crippen molar-refractivity contribution in [1.29, 1.82) is 0 Å². The first kappa shape index (κ1) is 10.5. The fourth-order valence-corrected chi connectivity index (χ4v) is 2.68. The van der Waals surface area contributed by atoms with Crippen molar-refractivity contribution in [2.45, 2.75) is 46.5 Å². The molecule has 0 atom stereocenters. The lowest BCUT2D eigenvalue weighted by atomic mass is 9.81. The van der Waals surface area contributed by atoms with Crippen LogP contribution in [0, 0.1) is 6.92 Å². The molecule has 0 N–H and O–H groups in total. The monoisotopic (exact) mass is 200 g/mol. The maximum Gasteiger partial charge on any atom is 0.0114 e. The van der Waals surface area contributed by atoms with Crippen molar-refractivity contribution in [2.24, 2.45) is 0 Å². The number of allylic oxidation sites excluding steroid dienone is 2. The number of rotatable bonds is 1.